The molecular formula is C5H11NS. The Morgan fingerprint density at radius 1 is 1.71 bits per heavy atom. The van der Waals surface area contributed by atoms with Crippen LogP contribution in [0.5, 0.6) is 0 Å². The fourth-order valence-electron chi connectivity index (χ4n) is 0.739. The Morgan fingerprint density at radius 3 is 2.86 bits per heavy atom. The van der Waals surface area contributed by atoms with Crippen molar-refractivity contribution in [2.45, 2.75) is 12.5 Å². The Kier molecular flexibility index (Phi) is 2.00. The standard InChI is InChI=1S/C5H11NS/c1-6-5-2-3-7-4-5/h5H,1-4,6H2. The molecule has 1 fully saturated rings. The third-order valence-electron chi connectivity index (χ3n) is 1.30. The molecule has 0 saturated carbocycles. The molecule has 1 saturated heterocycles. The summed E-state index contributed by atoms with van der Waals surface area (Å²) in [6, 6.07) is 0.824. The van der Waals surface area contributed by atoms with E-state index in [-0.39, 0.29) is 0 Å². The van der Waals surface area contributed by atoms with E-state index in [1.165, 1.54) is 17.9 Å². The molecule has 1 aliphatic heterocycles. The molecule has 1 rings (SSSR count). The number of nitrogens with two attached hydrogens (primary N) is 1. The van der Waals surface area contributed by atoms with Crippen molar-refractivity contribution >= 4 is 11.8 Å². The summed E-state index contributed by atoms with van der Waals surface area (Å²) in [4.78, 5) is 0. The zero-order valence-corrected chi connectivity index (χ0v) is 5.21. The summed E-state index contributed by atoms with van der Waals surface area (Å²) in [5.74, 6) is 2.65. The van der Waals surface area contributed by atoms with Gasteiger partial charge in [0.1, 0.15) is 0 Å². The van der Waals surface area contributed by atoms with Crippen molar-refractivity contribution in [3.63, 3.8) is 0 Å². The molecule has 0 radical (unpaired) electrons. The highest BCUT2D eigenvalue weighted by Gasteiger charge is 2.12. The molecule has 1 nitrogen and oxygen atoms in total. The number of quaternary nitrogens is 1. The predicted molar refractivity (Wildman–Crippen MR) is 33.0 cm³/mol. The van der Waals surface area contributed by atoms with Gasteiger partial charge in [-0.15, -0.1) is 0 Å². The number of hydrogen-bond donors (Lipinski definition) is 1. The van der Waals surface area contributed by atoms with E-state index in [2.05, 4.69) is 12.4 Å². The summed E-state index contributed by atoms with van der Waals surface area (Å²) >= 11 is 2.04. The van der Waals surface area contributed by atoms with Crippen molar-refractivity contribution < 1.29 is 5.32 Å². The molecular weight excluding hydrogens is 106 g/mol. The summed E-state index contributed by atoms with van der Waals surface area (Å²) in [6.07, 6.45) is 1.36. The monoisotopic (exact) mass is 117 g/mol. The first-order valence-corrected chi connectivity index (χ1v) is 3.79. The quantitative estimate of drug-likeness (QED) is 0.472. The number of hydrogen-bond acceptors (Lipinski definition) is 1. The Balaban J connectivity index is 2.14. The van der Waals surface area contributed by atoms with Crippen LogP contribution in [-0.2, 0) is 0 Å². The highest BCUT2D eigenvalue weighted by molar-refractivity contribution is 7.99. The highest BCUT2D eigenvalue weighted by Crippen LogP contribution is 2.13. The molecule has 0 aromatic rings. The minimum atomic E-state index is 0.824. The van der Waals surface area contributed by atoms with Crippen molar-refractivity contribution in [1.82, 2.24) is 0 Å². The molecule has 1 heterocycles. The van der Waals surface area contributed by atoms with E-state index in [1.807, 2.05) is 11.8 Å². The molecule has 0 bridgehead atoms. The zero-order chi connectivity index (χ0) is 5.11. The molecule has 0 spiro atoms. The van der Waals surface area contributed by atoms with Gasteiger partial charge in [0.15, 0.2) is 0 Å². The summed E-state index contributed by atoms with van der Waals surface area (Å²) < 4.78 is 0. The molecule has 1 unspecified atom stereocenters. The molecule has 7 heavy (non-hydrogen) atoms. The van der Waals surface area contributed by atoms with Gasteiger partial charge >= 0.3 is 0 Å². The summed E-state index contributed by atoms with van der Waals surface area (Å²) in [5.41, 5.74) is 0. The van der Waals surface area contributed by atoms with E-state index < -0.39 is 0 Å². The van der Waals surface area contributed by atoms with Crippen LogP contribution < -0.4 is 5.32 Å². The molecule has 2 N–H and O–H groups in total. The fourth-order valence-corrected chi connectivity index (χ4v) is 1.98. The van der Waals surface area contributed by atoms with Crippen molar-refractivity contribution in [3.05, 3.63) is 7.05 Å². The van der Waals surface area contributed by atoms with Crippen LogP contribution in [0.3, 0.4) is 0 Å². The van der Waals surface area contributed by atoms with Gasteiger partial charge < -0.3 is 5.32 Å². The van der Waals surface area contributed by atoms with Gasteiger partial charge in [-0.3, -0.25) is 0 Å². The topological polar surface area (TPSA) is 16.6 Å². The van der Waals surface area contributed by atoms with E-state index in [1.54, 1.807) is 0 Å². The maximum absolute atomic E-state index is 3.73. The average molecular weight is 117 g/mol. The van der Waals surface area contributed by atoms with Gasteiger partial charge in [0.05, 0.1) is 6.04 Å². The lowest BCUT2D eigenvalue weighted by atomic mass is 10.3. The third-order valence-corrected chi connectivity index (χ3v) is 2.49. The van der Waals surface area contributed by atoms with E-state index in [9.17, 15) is 0 Å². The summed E-state index contributed by atoms with van der Waals surface area (Å²) in [7, 11) is 3.73. The maximum Gasteiger partial charge on any atom is 0.0720 e. The molecule has 0 aliphatic carbocycles. The van der Waals surface area contributed by atoms with Crippen molar-refractivity contribution in [2.24, 2.45) is 0 Å². The van der Waals surface area contributed by atoms with Gasteiger partial charge in [-0.1, -0.05) is 0 Å². The first kappa shape index (κ1) is 5.45. The van der Waals surface area contributed by atoms with E-state index in [0.717, 1.165) is 6.04 Å². The Morgan fingerprint density at radius 2 is 2.57 bits per heavy atom. The summed E-state index contributed by atoms with van der Waals surface area (Å²) in [6.45, 7) is 0. The lowest BCUT2D eigenvalue weighted by Crippen LogP contribution is -2.83. The predicted octanol–water partition coefficient (Wildman–Crippen LogP) is -0.153. The molecule has 2 heteroatoms. The SMILES string of the molecule is [CH2-][NH2+]C1CCSC1. The van der Waals surface area contributed by atoms with Crippen LogP contribution >= 0.6 is 11.8 Å². The van der Waals surface area contributed by atoms with Crippen LogP contribution in [-0.4, -0.2) is 17.5 Å². The van der Waals surface area contributed by atoms with Gasteiger partial charge in [0.25, 0.3) is 0 Å². The summed E-state index contributed by atoms with van der Waals surface area (Å²) in [5, 5.41) is 2.07. The molecule has 42 valence electrons. The molecule has 0 aromatic heterocycles. The first-order valence-electron chi connectivity index (χ1n) is 2.64. The van der Waals surface area contributed by atoms with Gasteiger partial charge in [-0.25, -0.2) is 0 Å². The second-order valence-electron chi connectivity index (χ2n) is 1.86. The van der Waals surface area contributed by atoms with Crippen molar-refractivity contribution in [3.8, 4) is 0 Å². The second-order valence-corrected chi connectivity index (χ2v) is 3.01. The molecule has 1 aliphatic rings. The lowest BCUT2D eigenvalue weighted by Gasteiger charge is -2.04. The molecule has 0 amide bonds. The van der Waals surface area contributed by atoms with Crippen LogP contribution in [0.15, 0.2) is 0 Å². The fraction of sp³-hybridized carbons (Fsp3) is 0.800. The van der Waals surface area contributed by atoms with Gasteiger partial charge in [-0.05, 0) is 5.75 Å². The Labute approximate surface area is 48.9 Å². The smallest absolute Gasteiger partial charge is 0.0720 e. The Bertz CT molecular complexity index is 50.0. The highest BCUT2D eigenvalue weighted by atomic mass is 32.2. The lowest BCUT2D eigenvalue weighted by molar-refractivity contribution is -0.628. The van der Waals surface area contributed by atoms with Crippen LogP contribution in [0.2, 0.25) is 0 Å². The normalized spacial score (nSPS) is 31.3. The van der Waals surface area contributed by atoms with E-state index >= 15 is 0 Å². The van der Waals surface area contributed by atoms with Crippen LogP contribution in [0.1, 0.15) is 6.42 Å². The first-order chi connectivity index (χ1) is 3.43. The van der Waals surface area contributed by atoms with Gasteiger partial charge in [-0.2, -0.15) is 18.8 Å². The van der Waals surface area contributed by atoms with Crippen molar-refractivity contribution in [2.75, 3.05) is 11.5 Å². The van der Waals surface area contributed by atoms with Gasteiger partial charge in [0.2, 0.25) is 0 Å². The zero-order valence-electron chi connectivity index (χ0n) is 4.39. The molecule has 1 atom stereocenters. The largest absolute Gasteiger partial charge is 0.476 e. The number of rotatable bonds is 1. The van der Waals surface area contributed by atoms with Crippen LogP contribution in [0, 0.1) is 7.05 Å². The minimum absolute atomic E-state index is 0.824. The average Bonchev–Trinajstić information content (AvgIpc) is 2.14. The van der Waals surface area contributed by atoms with E-state index in [0.29, 0.717) is 0 Å². The van der Waals surface area contributed by atoms with E-state index in [4.69, 9.17) is 0 Å². The number of thioether (sulfide) groups is 1. The van der Waals surface area contributed by atoms with Crippen molar-refractivity contribution in [1.29, 1.82) is 0 Å². The van der Waals surface area contributed by atoms with Crippen LogP contribution in [0.4, 0.5) is 0 Å². The maximum atomic E-state index is 3.73. The third kappa shape index (κ3) is 1.35. The molecule has 0 aromatic carbocycles. The Hall–Kier alpha value is 0.310. The van der Waals surface area contributed by atoms with Gasteiger partial charge in [0, 0.05) is 12.2 Å². The second kappa shape index (κ2) is 2.58. The van der Waals surface area contributed by atoms with Crippen LogP contribution in [0.25, 0.3) is 0 Å². The minimum Gasteiger partial charge on any atom is -0.476 e.